The van der Waals surface area contributed by atoms with E-state index >= 15 is 0 Å². The minimum Gasteiger partial charge on any atom is -0.341 e. The average Bonchev–Trinajstić information content (AvgIpc) is 2.80. The van der Waals surface area contributed by atoms with E-state index < -0.39 is 15.1 Å². The number of carbonyl (C=O) groups excluding carboxylic acids is 1. The van der Waals surface area contributed by atoms with E-state index in [0.29, 0.717) is 41.9 Å². The summed E-state index contributed by atoms with van der Waals surface area (Å²) in [6.45, 7) is 5.28. The Morgan fingerprint density at radius 2 is 1.74 bits per heavy atom. The topological polar surface area (TPSA) is 54.5 Å². The van der Waals surface area contributed by atoms with Gasteiger partial charge in [0.2, 0.25) is 5.91 Å². The second kappa shape index (κ2) is 8.52. The van der Waals surface area contributed by atoms with Gasteiger partial charge in [-0.25, -0.2) is 8.42 Å². The van der Waals surface area contributed by atoms with Gasteiger partial charge in [0, 0.05) is 24.0 Å². The maximum Gasteiger partial charge on any atom is 0.225 e. The molecular formula is C21H30ClNO3S. The number of nitrogens with zero attached hydrogens (tertiary/aromatic N) is 1. The first-order valence-corrected chi connectivity index (χ1v) is 12.1. The summed E-state index contributed by atoms with van der Waals surface area (Å²) in [4.78, 5) is 14.8. The van der Waals surface area contributed by atoms with Crippen LogP contribution in [0.15, 0.2) is 24.3 Å². The third-order valence-corrected chi connectivity index (χ3v) is 8.82. The van der Waals surface area contributed by atoms with Gasteiger partial charge in [-0.2, -0.15) is 0 Å². The Hall–Kier alpha value is -1.07. The summed E-state index contributed by atoms with van der Waals surface area (Å²) in [6, 6.07) is 7.14. The lowest BCUT2D eigenvalue weighted by Crippen LogP contribution is -2.39. The summed E-state index contributed by atoms with van der Waals surface area (Å²) in [6.07, 6.45) is 4.47. The van der Waals surface area contributed by atoms with Gasteiger partial charge >= 0.3 is 0 Å². The lowest BCUT2D eigenvalue weighted by atomic mass is 9.76. The van der Waals surface area contributed by atoms with E-state index in [1.54, 1.807) is 23.1 Å². The molecule has 1 saturated carbocycles. The number of rotatable bonds is 3. The Balaban J connectivity index is 1.69. The highest BCUT2D eigenvalue weighted by molar-refractivity contribution is 7.91. The number of halogens is 1. The standard InChI is InChI=1S/C21H30ClNO3S/c1-15(2)16-7-9-17(10-8-16)21(24)23-12-11-20(27(25,26)14-13-23)18-5-3-4-6-19(18)22/h3-6,15-17,20H,7-14H2,1-2H3. The van der Waals surface area contributed by atoms with Crippen molar-refractivity contribution in [1.29, 1.82) is 0 Å². The molecule has 1 aliphatic carbocycles. The van der Waals surface area contributed by atoms with E-state index in [-0.39, 0.29) is 17.6 Å². The molecule has 0 radical (unpaired) electrons. The predicted octanol–water partition coefficient (Wildman–Crippen LogP) is 4.49. The molecule has 0 N–H and O–H groups in total. The van der Waals surface area contributed by atoms with Crippen molar-refractivity contribution in [2.75, 3.05) is 18.8 Å². The Bertz CT molecular complexity index is 769. The summed E-state index contributed by atoms with van der Waals surface area (Å²) < 4.78 is 25.6. The number of sulfone groups is 1. The second-order valence-corrected chi connectivity index (χ2v) is 11.1. The fraction of sp³-hybridized carbons (Fsp3) is 0.667. The highest BCUT2D eigenvalue weighted by atomic mass is 35.5. The molecule has 2 fully saturated rings. The molecule has 1 heterocycles. The summed E-state index contributed by atoms with van der Waals surface area (Å²) in [5, 5.41) is -0.140. The van der Waals surface area contributed by atoms with Gasteiger partial charge in [-0.3, -0.25) is 4.79 Å². The summed E-state index contributed by atoms with van der Waals surface area (Å²) in [5.74, 6) is 1.59. The normalized spacial score (nSPS) is 28.7. The average molecular weight is 412 g/mol. The second-order valence-electron chi connectivity index (χ2n) is 8.35. The smallest absolute Gasteiger partial charge is 0.225 e. The number of amides is 1. The van der Waals surface area contributed by atoms with Crippen molar-refractivity contribution < 1.29 is 13.2 Å². The molecule has 1 aromatic carbocycles. The number of benzene rings is 1. The zero-order valence-electron chi connectivity index (χ0n) is 16.2. The van der Waals surface area contributed by atoms with Crippen LogP contribution in [0.1, 0.15) is 56.8 Å². The van der Waals surface area contributed by atoms with Crippen LogP contribution in [0.5, 0.6) is 0 Å². The molecule has 0 aromatic heterocycles. The minimum atomic E-state index is -3.33. The van der Waals surface area contributed by atoms with Crippen LogP contribution in [0.25, 0.3) is 0 Å². The molecule has 3 rings (SSSR count). The van der Waals surface area contributed by atoms with E-state index in [2.05, 4.69) is 13.8 Å². The maximum absolute atomic E-state index is 13.0. The van der Waals surface area contributed by atoms with Gasteiger partial charge in [0.15, 0.2) is 9.84 Å². The Labute approximate surface area is 168 Å². The molecule has 1 atom stereocenters. The van der Waals surface area contributed by atoms with Gasteiger partial charge in [-0.05, 0) is 55.6 Å². The quantitative estimate of drug-likeness (QED) is 0.736. The summed E-state index contributed by atoms with van der Waals surface area (Å²) >= 11 is 6.25. The summed E-state index contributed by atoms with van der Waals surface area (Å²) in [5.41, 5.74) is 0.658. The number of carbonyl (C=O) groups is 1. The van der Waals surface area contributed by atoms with Gasteiger partial charge in [0.1, 0.15) is 0 Å². The Morgan fingerprint density at radius 1 is 1.07 bits per heavy atom. The van der Waals surface area contributed by atoms with Crippen molar-refractivity contribution in [2.45, 2.75) is 51.2 Å². The molecule has 6 heteroatoms. The van der Waals surface area contributed by atoms with E-state index in [9.17, 15) is 13.2 Å². The van der Waals surface area contributed by atoms with Crippen LogP contribution < -0.4 is 0 Å². The first-order valence-electron chi connectivity index (χ1n) is 10.0. The number of hydrogen-bond donors (Lipinski definition) is 0. The Morgan fingerprint density at radius 3 is 2.37 bits per heavy atom. The van der Waals surface area contributed by atoms with Gasteiger partial charge in [-0.1, -0.05) is 43.6 Å². The molecule has 0 bridgehead atoms. The molecule has 4 nitrogen and oxygen atoms in total. The van der Waals surface area contributed by atoms with Crippen LogP contribution in [0.2, 0.25) is 5.02 Å². The first-order chi connectivity index (χ1) is 12.8. The van der Waals surface area contributed by atoms with Crippen LogP contribution in [-0.2, 0) is 14.6 Å². The fourth-order valence-corrected chi connectivity index (χ4v) is 6.69. The SMILES string of the molecule is CC(C)C1CCC(C(=O)N2CCC(c3ccccc3Cl)S(=O)(=O)CC2)CC1. The number of hydrogen-bond acceptors (Lipinski definition) is 3. The van der Waals surface area contributed by atoms with Crippen molar-refractivity contribution in [2.24, 2.45) is 17.8 Å². The molecule has 0 spiro atoms. The molecule has 1 unspecified atom stereocenters. The van der Waals surface area contributed by atoms with Gasteiger partial charge < -0.3 is 4.90 Å². The largest absolute Gasteiger partial charge is 0.341 e. The van der Waals surface area contributed by atoms with Crippen LogP contribution in [0.3, 0.4) is 0 Å². The van der Waals surface area contributed by atoms with Gasteiger partial charge in [-0.15, -0.1) is 0 Å². The Kier molecular flexibility index (Phi) is 6.52. The van der Waals surface area contributed by atoms with Crippen LogP contribution in [0, 0.1) is 17.8 Å². The highest BCUT2D eigenvalue weighted by Gasteiger charge is 2.36. The van der Waals surface area contributed by atoms with Crippen LogP contribution >= 0.6 is 11.6 Å². The zero-order valence-corrected chi connectivity index (χ0v) is 17.8. The zero-order chi connectivity index (χ0) is 19.6. The molecule has 1 aromatic rings. The molecule has 1 amide bonds. The van der Waals surface area contributed by atoms with E-state index in [0.717, 1.165) is 25.7 Å². The van der Waals surface area contributed by atoms with Crippen LogP contribution in [0.4, 0.5) is 0 Å². The predicted molar refractivity (Wildman–Crippen MR) is 109 cm³/mol. The van der Waals surface area contributed by atoms with Gasteiger partial charge in [0.25, 0.3) is 0 Å². The van der Waals surface area contributed by atoms with E-state index in [1.807, 2.05) is 6.07 Å². The fourth-order valence-electron chi connectivity index (χ4n) is 4.54. The third-order valence-electron chi connectivity index (χ3n) is 6.37. The van der Waals surface area contributed by atoms with Crippen molar-refractivity contribution in [3.63, 3.8) is 0 Å². The van der Waals surface area contributed by atoms with Crippen molar-refractivity contribution in [3.8, 4) is 0 Å². The van der Waals surface area contributed by atoms with Crippen molar-refractivity contribution in [1.82, 2.24) is 4.90 Å². The minimum absolute atomic E-state index is 0.00989. The molecular weight excluding hydrogens is 382 g/mol. The monoisotopic (exact) mass is 411 g/mol. The highest BCUT2D eigenvalue weighted by Crippen LogP contribution is 2.36. The van der Waals surface area contributed by atoms with Gasteiger partial charge in [0.05, 0.1) is 11.0 Å². The summed E-state index contributed by atoms with van der Waals surface area (Å²) in [7, 11) is -3.33. The molecule has 27 heavy (non-hydrogen) atoms. The molecule has 1 aliphatic heterocycles. The van der Waals surface area contributed by atoms with E-state index in [4.69, 9.17) is 11.6 Å². The third kappa shape index (κ3) is 4.68. The van der Waals surface area contributed by atoms with E-state index in [1.165, 1.54) is 0 Å². The van der Waals surface area contributed by atoms with Crippen molar-refractivity contribution in [3.05, 3.63) is 34.9 Å². The first kappa shape index (κ1) is 20.7. The lowest BCUT2D eigenvalue weighted by molar-refractivity contribution is -0.136. The van der Waals surface area contributed by atoms with Crippen LogP contribution in [-0.4, -0.2) is 38.1 Å². The maximum atomic E-state index is 13.0. The molecule has 1 saturated heterocycles. The lowest BCUT2D eigenvalue weighted by Gasteiger charge is -2.33. The van der Waals surface area contributed by atoms with Crippen molar-refractivity contribution >= 4 is 27.3 Å². The molecule has 150 valence electrons. The molecule has 2 aliphatic rings.